The van der Waals surface area contributed by atoms with Gasteiger partial charge in [0.25, 0.3) is 0 Å². The number of ether oxygens (including phenoxy) is 1. The molecule has 124 valence electrons. The van der Waals surface area contributed by atoms with Crippen LogP contribution >= 0.6 is 0 Å². The Morgan fingerprint density at radius 3 is 2.96 bits per heavy atom. The van der Waals surface area contributed by atoms with Gasteiger partial charge in [-0.15, -0.1) is 0 Å². The maximum atomic E-state index is 11.5. The summed E-state index contributed by atoms with van der Waals surface area (Å²) in [6.07, 6.45) is 13.1. The zero-order chi connectivity index (χ0) is 16.5. The smallest absolute Gasteiger partial charge is 0.236 e. The molecule has 2 heterocycles. The molecule has 3 N–H and O–H groups in total. The molecule has 2 rings (SSSR count). The third-order valence-corrected chi connectivity index (χ3v) is 3.77. The molecule has 0 aromatic heterocycles. The zero-order valence-electron chi connectivity index (χ0n) is 13.0. The molecule has 7 heteroatoms. The van der Waals surface area contributed by atoms with Crippen LogP contribution in [0.5, 0.6) is 0 Å². The summed E-state index contributed by atoms with van der Waals surface area (Å²) in [7, 11) is 0. The van der Waals surface area contributed by atoms with E-state index < -0.39 is 0 Å². The molecular formula is C16H22N4O3. The van der Waals surface area contributed by atoms with Gasteiger partial charge in [0.2, 0.25) is 11.7 Å². The Hall–Kier alpha value is -2.30. The molecule has 0 aromatic rings. The van der Waals surface area contributed by atoms with Crippen molar-refractivity contribution in [2.45, 2.75) is 19.3 Å². The van der Waals surface area contributed by atoms with Crippen molar-refractivity contribution in [1.82, 2.24) is 10.4 Å². The molecule has 1 saturated heterocycles. The van der Waals surface area contributed by atoms with Crippen molar-refractivity contribution in [2.75, 3.05) is 26.2 Å². The number of allylic oxidation sites excluding steroid dienone is 2. The Balaban J connectivity index is 1.74. The number of hydrogen-bond donors (Lipinski definition) is 2. The molecule has 0 spiro atoms. The predicted molar refractivity (Wildman–Crippen MR) is 86.6 cm³/mol. The first kappa shape index (κ1) is 17.1. The lowest BCUT2D eigenvalue weighted by Crippen LogP contribution is -2.42. The van der Waals surface area contributed by atoms with Gasteiger partial charge in [0.15, 0.2) is 5.76 Å². The van der Waals surface area contributed by atoms with E-state index in [1.54, 1.807) is 11.2 Å². The van der Waals surface area contributed by atoms with Crippen LogP contribution in [0.4, 0.5) is 0 Å². The predicted octanol–water partition coefficient (Wildman–Crippen LogP) is 0.512. The second-order valence-electron chi connectivity index (χ2n) is 5.32. The van der Waals surface area contributed by atoms with Gasteiger partial charge in [-0.2, -0.15) is 4.99 Å². The number of nitrogens with two attached hydrogens (primary N) is 1. The highest BCUT2D eigenvalue weighted by molar-refractivity contribution is 5.96. The minimum atomic E-state index is 0.000345. The molecule has 0 saturated carbocycles. The van der Waals surface area contributed by atoms with E-state index in [1.807, 2.05) is 12.2 Å². The highest BCUT2D eigenvalue weighted by atomic mass is 16.6. The molecule has 0 aromatic carbocycles. The summed E-state index contributed by atoms with van der Waals surface area (Å²) in [5.74, 6) is 1.30. The van der Waals surface area contributed by atoms with E-state index in [9.17, 15) is 4.79 Å². The number of nitrogens with one attached hydrogen (secondary N) is 1. The highest BCUT2D eigenvalue weighted by Crippen LogP contribution is 2.17. The van der Waals surface area contributed by atoms with Gasteiger partial charge in [0.05, 0.1) is 19.4 Å². The normalized spacial score (nSPS) is 18.9. The monoisotopic (exact) mass is 318 g/mol. The number of amides is 1. The number of aliphatic imine (C=N–C) groups is 1. The molecule has 0 radical (unpaired) electrons. The number of carbonyl (C=O) groups excluding carboxylic acids is 1. The average Bonchev–Trinajstić information content (AvgIpc) is 2.61. The van der Waals surface area contributed by atoms with Crippen molar-refractivity contribution in [3.8, 4) is 12.5 Å². The summed E-state index contributed by atoms with van der Waals surface area (Å²) in [4.78, 5) is 22.7. The van der Waals surface area contributed by atoms with Crippen LogP contribution in [0.1, 0.15) is 19.3 Å². The van der Waals surface area contributed by atoms with Gasteiger partial charge in [0, 0.05) is 19.1 Å². The summed E-state index contributed by atoms with van der Waals surface area (Å²) < 4.78 is 5.34. The largest absolute Gasteiger partial charge is 0.462 e. The first-order valence-electron chi connectivity index (χ1n) is 7.65. The van der Waals surface area contributed by atoms with Gasteiger partial charge < -0.3 is 15.4 Å². The Bertz CT molecular complexity index is 540. The topological polar surface area (TPSA) is 89.2 Å². The summed E-state index contributed by atoms with van der Waals surface area (Å²) in [6.45, 7) is 2.01. The fourth-order valence-corrected chi connectivity index (χ4v) is 2.45. The van der Waals surface area contributed by atoms with Gasteiger partial charge >= 0.3 is 0 Å². The van der Waals surface area contributed by atoms with Crippen molar-refractivity contribution in [2.24, 2.45) is 16.6 Å². The maximum Gasteiger partial charge on any atom is 0.236 e. The number of carbonyl (C=O) groups is 1. The van der Waals surface area contributed by atoms with E-state index in [2.05, 4.69) is 16.5 Å². The Morgan fingerprint density at radius 2 is 2.35 bits per heavy atom. The number of amidine groups is 1. The van der Waals surface area contributed by atoms with E-state index >= 15 is 0 Å². The fourth-order valence-electron chi connectivity index (χ4n) is 2.45. The average molecular weight is 318 g/mol. The summed E-state index contributed by atoms with van der Waals surface area (Å²) in [5.41, 5.74) is 8.14. The van der Waals surface area contributed by atoms with Crippen molar-refractivity contribution in [1.29, 1.82) is 0 Å². The molecule has 0 aliphatic carbocycles. The Kier molecular flexibility index (Phi) is 6.66. The summed E-state index contributed by atoms with van der Waals surface area (Å²) in [6, 6.07) is 2.22. The number of piperidine rings is 1. The van der Waals surface area contributed by atoms with Crippen LogP contribution in [0.2, 0.25) is 0 Å². The second-order valence-corrected chi connectivity index (χ2v) is 5.32. The van der Waals surface area contributed by atoms with Crippen molar-refractivity contribution in [3.63, 3.8) is 0 Å². The maximum absolute atomic E-state index is 11.5. The van der Waals surface area contributed by atoms with Crippen LogP contribution in [0.25, 0.3) is 0 Å². The number of hydroxylamine groups is 1. The number of likely N-dealkylation sites (tertiary alicyclic amines) is 1. The Labute approximate surface area is 136 Å². The van der Waals surface area contributed by atoms with Crippen LogP contribution in [-0.4, -0.2) is 42.9 Å². The molecule has 0 bridgehead atoms. The van der Waals surface area contributed by atoms with Crippen LogP contribution in [0.3, 0.4) is 0 Å². The van der Waals surface area contributed by atoms with Crippen LogP contribution in [0, 0.1) is 18.4 Å². The van der Waals surface area contributed by atoms with Crippen molar-refractivity contribution >= 4 is 11.7 Å². The quantitative estimate of drug-likeness (QED) is 0.334. The lowest BCUT2D eigenvalue weighted by molar-refractivity contribution is -0.131. The molecule has 1 fully saturated rings. The number of nitrogens with zero attached hydrogens (tertiary/aromatic N) is 2. The van der Waals surface area contributed by atoms with E-state index in [0.717, 1.165) is 19.3 Å². The van der Waals surface area contributed by atoms with E-state index in [4.69, 9.17) is 21.7 Å². The lowest BCUT2D eigenvalue weighted by Gasteiger charge is -2.31. The SMILES string of the molecule is C#CN=C(NOCC1CCN(C(=O)CN)CC1)C1=CCC=CO1. The van der Waals surface area contributed by atoms with Crippen molar-refractivity contribution < 1.29 is 14.4 Å². The summed E-state index contributed by atoms with van der Waals surface area (Å²) in [5, 5.41) is 0. The molecule has 2 aliphatic heterocycles. The minimum Gasteiger partial charge on any atom is -0.462 e. The number of terminal acetylenes is 1. The lowest BCUT2D eigenvalue weighted by atomic mass is 9.98. The zero-order valence-corrected chi connectivity index (χ0v) is 13.0. The number of hydrogen-bond acceptors (Lipinski definition) is 5. The van der Waals surface area contributed by atoms with Gasteiger partial charge in [-0.3, -0.25) is 9.63 Å². The molecule has 2 aliphatic rings. The van der Waals surface area contributed by atoms with Crippen LogP contribution in [0.15, 0.2) is 29.2 Å². The van der Waals surface area contributed by atoms with Gasteiger partial charge in [-0.05, 0) is 37.3 Å². The summed E-state index contributed by atoms with van der Waals surface area (Å²) >= 11 is 0. The van der Waals surface area contributed by atoms with E-state index in [0.29, 0.717) is 37.2 Å². The first-order valence-corrected chi connectivity index (χ1v) is 7.65. The molecule has 0 atom stereocenters. The number of rotatable bonds is 5. The van der Waals surface area contributed by atoms with Crippen LogP contribution in [-0.2, 0) is 14.4 Å². The molecule has 7 nitrogen and oxygen atoms in total. The molecular weight excluding hydrogens is 296 g/mol. The van der Waals surface area contributed by atoms with E-state index in [1.165, 1.54) is 0 Å². The van der Waals surface area contributed by atoms with Gasteiger partial charge in [-0.1, -0.05) is 6.42 Å². The molecule has 0 unspecified atom stereocenters. The van der Waals surface area contributed by atoms with Gasteiger partial charge in [0.1, 0.15) is 0 Å². The molecule has 1 amide bonds. The third kappa shape index (κ3) is 5.13. The van der Waals surface area contributed by atoms with Crippen LogP contribution < -0.4 is 11.2 Å². The minimum absolute atomic E-state index is 0.000345. The fraction of sp³-hybridized carbons (Fsp3) is 0.500. The van der Waals surface area contributed by atoms with E-state index in [-0.39, 0.29) is 12.5 Å². The molecule has 23 heavy (non-hydrogen) atoms. The van der Waals surface area contributed by atoms with Gasteiger partial charge in [-0.25, -0.2) is 5.48 Å². The standard InChI is InChI=1S/C16H22N4O3/c1-2-18-16(14-5-3-4-10-22-14)19-23-12-13-6-8-20(9-7-13)15(21)11-17/h1,4-5,10,13H,3,6-9,11-12,17H2,(H,18,19). The Morgan fingerprint density at radius 1 is 1.57 bits per heavy atom. The van der Waals surface area contributed by atoms with Crippen molar-refractivity contribution in [3.05, 3.63) is 24.2 Å². The second kappa shape index (κ2) is 8.98. The first-order chi connectivity index (χ1) is 11.2. The highest BCUT2D eigenvalue weighted by Gasteiger charge is 2.22. The third-order valence-electron chi connectivity index (χ3n) is 3.77.